The number of oxazole rings is 1. The van der Waals surface area contributed by atoms with Crippen LogP contribution in [0.25, 0.3) is 11.1 Å². The molecule has 0 aliphatic carbocycles. The summed E-state index contributed by atoms with van der Waals surface area (Å²) in [5.41, 5.74) is 2.21. The molecule has 6 nitrogen and oxygen atoms in total. The van der Waals surface area contributed by atoms with Crippen molar-refractivity contribution in [1.29, 1.82) is 0 Å². The average molecular weight is 332 g/mol. The van der Waals surface area contributed by atoms with Crippen LogP contribution in [0.15, 0.2) is 56.6 Å². The second kappa shape index (κ2) is 5.58. The highest BCUT2D eigenvalue weighted by Gasteiger charge is 2.15. The molecule has 1 aromatic heterocycles. The summed E-state index contributed by atoms with van der Waals surface area (Å²) in [5, 5.41) is 0. The molecule has 0 aliphatic heterocycles. The summed E-state index contributed by atoms with van der Waals surface area (Å²) in [4.78, 5) is 13.8. The van der Waals surface area contributed by atoms with E-state index in [2.05, 4.69) is 9.71 Å². The number of fused-ring (bicyclic) bond motifs is 1. The molecular formula is C16H16N2O4S. The minimum absolute atomic E-state index is 0.178. The van der Waals surface area contributed by atoms with Crippen molar-refractivity contribution in [3.8, 4) is 0 Å². The quantitative estimate of drug-likeness (QED) is 0.768. The maximum absolute atomic E-state index is 12.4. The predicted octanol–water partition coefficient (Wildman–Crippen LogP) is 3.05. The Labute approximate surface area is 133 Å². The summed E-state index contributed by atoms with van der Waals surface area (Å²) >= 11 is 0. The topological polar surface area (TPSA) is 92.2 Å². The number of H-pyrrole nitrogens is 1. The molecule has 0 unspecified atom stereocenters. The standard InChI is InChI=1S/C16H16N2O4S/c1-10(2)11-3-6-13(7-4-11)23(20,21)18-12-5-8-14-15(9-12)22-16(19)17-14/h3-10,18H,1-2H3,(H,17,19). The second-order valence-corrected chi connectivity index (χ2v) is 7.24. The molecule has 0 saturated heterocycles. The summed E-state index contributed by atoms with van der Waals surface area (Å²) in [7, 11) is -3.70. The van der Waals surface area contributed by atoms with Gasteiger partial charge in [0.1, 0.15) is 0 Å². The molecule has 7 heteroatoms. The van der Waals surface area contributed by atoms with Crippen molar-refractivity contribution in [2.24, 2.45) is 0 Å². The van der Waals surface area contributed by atoms with Crippen LogP contribution >= 0.6 is 0 Å². The first kappa shape index (κ1) is 15.4. The highest BCUT2D eigenvalue weighted by Crippen LogP contribution is 2.22. The summed E-state index contributed by atoms with van der Waals surface area (Å²) in [5.74, 6) is -0.247. The van der Waals surface area contributed by atoms with Crippen molar-refractivity contribution in [1.82, 2.24) is 4.98 Å². The third-order valence-corrected chi connectivity index (χ3v) is 4.93. The third-order valence-electron chi connectivity index (χ3n) is 3.53. The molecule has 2 N–H and O–H groups in total. The molecule has 1 heterocycles. The van der Waals surface area contributed by atoms with Gasteiger partial charge in [-0.25, -0.2) is 13.2 Å². The van der Waals surface area contributed by atoms with Crippen LogP contribution in [0.5, 0.6) is 0 Å². The predicted molar refractivity (Wildman–Crippen MR) is 88.2 cm³/mol. The van der Waals surface area contributed by atoms with E-state index in [1.807, 2.05) is 13.8 Å². The average Bonchev–Trinajstić information content (AvgIpc) is 2.86. The molecule has 3 rings (SSSR count). The zero-order valence-corrected chi connectivity index (χ0v) is 13.5. The molecular weight excluding hydrogens is 316 g/mol. The van der Waals surface area contributed by atoms with Gasteiger partial charge in [0.05, 0.1) is 16.1 Å². The Morgan fingerprint density at radius 3 is 2.43 bits per heavy atom. The fourth-order valence-electron chi connectivity index (χ4n) is 2.25. The molecule has 0 aliphatic rings. The maximum Gasteiger partial charge on any atom is 0.417 e. The molecule has 0 atom stereocenters. The smallest absolute Gasteiger partial charge is 0.408 e. The van der Waals surface area contributed by atoms with E-state index >= 15 is 0 Å². The molecule has 0 radical (unpaired) electrons. The number of benzene rings is 2. The van der Waals surface area contributed by atoms with E-state index in [4.69, 9.17) is 4.42 Å². The van der Waals surface area contributed by atoms with Gasteiger partial charge in [-0.3, -0.25) is 9.71 Å². The van der Waals surface area contributed by atoms with Gasteiger partial charge in [-0.05, 0) is 35.7 Å². The highest BCUT2D eigenvalue weighted by molar-refractivity contribution is 7.92. The Balaban J connectivity index is 1.90. The van der Waals surface area contributed by atoms with Crippen molar-refractivity contribution < 1.29 is 12.8 Å². The van der Waals surface area contributed by atoms with Crippen molar-refractivity contribution >= 4 is 26.8 Å². The number of sulfonamides is 1. The van der Waals surface area contributed by atoms with Gasteiger partial charge in [0.25, 0.3) is 10.0 Å². The number of aromatic nitrogens is 1. The van der Waals surface area contributed by atoms with Crippen LogP contribution in [0.2, 0.25) is 0 Å². The highest BCUT2D eigenvalue weighted by atomic mass is 32.2. The number of anilines is 1. The van der Waals surface area contributed by atoms with Crippen molar-refractivity contribution in [2.45, 2.75) is 24.7 Å². The zero-order chi connectivity index (χ0) is 16.6. The van der Waals surface area contributed by atoms with Crippen LogP contribution in [0.1, 0.15) is 25.3 Å². The summed E-state index contributed by atoms with van der Waals surface area (Å²) in [6.45, 7) is 4.09. The fourth-order valence-corrected chi connectivity index (χ4v) is 3.30. The van der Waals surface area contributed by atoms with Gasteiger partial charge in [0, 0.05) is 6.07 Å². The Kier molecular flexibility index (Phi) is 3.73. The van der Waals surface area contributed by atoms with Gasteiger partial charge >= 0.3 is 5.76 Å². The molecule has 0 bridgehead atoms. The molecule has 0 amide bonds. The van der Waals surface area contributed by atoms with Gasteiger partial charge in [-0.2, -0.15) is 0 Å². The number of nitrogens with one attached hydrogen (secondary N) is 2. The number of aromatic amines is 1. The Morgan fingerprint density at radius 2 is 1.78 bits per heavy atom. The molecule has 23 heavy (non-hydrogen) atoms. The lowest BCUT2D eigenvalue weighted by Crippen LogP contribution is -2.12. The summed E-state index contributed by atoms with van der Waals surface area (Å²) < 4.78 is 32.2. The number of hydrogen-bond donors (Lipinski definition) is 2. The fraction of sp³-hybridized carbons (Fsp3) is 0.188. The van der Waals surface area contributed by atoms with Crippen molar-refractivity contribution in [3.63, 3.8) is 0 Å². The molecule has 2 aromatic carbocycles. The van der Waals surface area contributed by atoms with E-state index < -0.39 is 15.8 Å². The summed E-state index contributed by atoms with van der Waals surface area (Å²) in [6, 6.07) is 11.4. The van der Waals surface area contributed by atoms with Crippen LogP contribution in [-0.4, -0.2) is 13.4 Å². The van der Waals surface area contributed by atoms with E-state index in [9.17, 15) is 13.2 Å². The second-order valence-electron chi connectivity index (χ2n) is 5.55. The van der Waals surface area contributed by atoms with Crippen LogP contribution in [-0.2, 0) is 10.0 Å². The molecule has 3 aromatic rings. The van der Waals surface area contributed by atoms with Crippen LogP contribution in [0.4, 0.5) is 5.69 Å². The molecule has 0 saturated carbocycles. The summed E-state index contributed by atoms with van der Waals surface area (Å²) in [6.07, 6.45) is 0. The maximum atomic E-state index is 12.4. The normalized spacial score (nSPS) is 12.0. The van der Waals surface area contributed by atoms with E-state index in [-0.39, 0.29) is 4.90 Å². The SMILES string of the molecule is CC(C)c1ccc(S(=O)(=O)Nc2ccc3[nH]c(=O)oc3c2)cc1. The number of hydrogen-bond acceptors (Lipinski definition) is 4. The first-order chi connectivity index (χ1) is 10.8. The molecule has 0 fully saturated rings. The molecule has 0 spiro atoms. The Morgan fingerprint density at radius 1 is 1.09 bits per heavy atom. The van der Waals surface area contributed by atoms with E-state index in [0.717, 1.165) is 5.56 Å². The van der Waals surface area contributed by atoms with Crippen molar-refractivity contribution in [2.75, 3.05) is 4.72 Å². The largest absolute Gasteiger partial charge is 0.417 e. The van der Waals surface area contributed by atoms with Gasteiger partial charge in [0.2, 0.25) is 0 Å². The lowest BCUT2D eigenvalue weighted by atomic mass is 10.0. The Bertz CT molecular complexity index is 998. The van der Waals surface area contributed by atoms with Crippen LogP contribution < -0.4 is 10.5 Å². The van der Waals surface area contributed by atoms with Crippen molar-refractivity contribution in [3.05, 3.63) is 58.6 Å². The lowest BCUT2D eigenvalue weighted by molar-refractivity contribution is 0.555. The minimum Gasteiger partial charge on any atom is -0.408 e. The monoisotopic (exact) mass is 332 g/mol. The van der Waals surface area contributed by atoms with Crippen LogP contribution in [0, 0.1) is 0 Å². The third kappa shape index (κ3) is 3.14. The first-order valence-corrected chi connectivity index (χ1v) is 8.59. The van der Waals surface area contributed by atoms with E-state index in [1.165, 1.54) is 6.07 Å². The van der Waals surface area contributed by atoms with Gasteiger partial charge < -0.3 is 4.42 Å². The van der Waals surface area contributed by atoms with Gasteiger partial charge in [-0.1, -0.05) is 26.0 Å². The van der Waals surface area contributed by atoms with Gasteiger partial charge in [0.15, 0.2) is 5.58 Å². The van der Waals surface area contributed by atoms with Gasteiger partial charge in [-0.15, -0.1) is 0 Å². The Hall–Kier alpha value is -2.54. The van der Waals surface area contributed by atoms with Crippen LogP contribution in [0.3, 0.4) is 0 Å². The lowest BCUT2D eigenvalue weighted by Gasteiger charge is -2.10. The number of rotatable bonds is 4. The zero-order valence-electron chi connectivity index (χ0n) is 12.7. The molecule has 120 valence electrons. The first-order valence-electron chi connectivity index (χ1n) is 7.11. The van der Waals surface area contributed by atoms with E-state index in [1.54, 1.807) is 36.4 Å². The minimum atomic E-state index is -3.70. The van der Waals surface area contributed by atoms with E-state index in [0.29, 0.717) is 22.7 Å².